The monoisotopic (exact) mass is 445 g/mol. The number of imidazole rings is 1. The summed E-state index contributed by atoms with van der Waals surface area (Å²) < 4.78 is 19.1. The first-order chi connectivity index (χ1) is 16.0. The summed E-state index contributed by atoms with van der Waals surface area (Å²) in [4.78, 5) is 17.0. The van der Waals surface area contributed by atoms with Gasteiger partial charge in [0.25, 0.3) is 0 Å². The van der Waals surface area contributed by atoms with Gasteiger partial charge in [-0.05, 0) is 55.3 Å². The largest absolute Gasteiger partial charge is 0.493 e. The Labute approximate surface area is 192 Å². The van der Waals surface area contributed by atoms with Crippen LogP contribution >= 0.6 is 0 Å². The number of fused-ring (bicyclic) bond motifs is 1. The van der Waals surface area contributed by atoms with Gasteiger partial charge in [0.05, 0.1) is 25.8 Å². The Hall–Kier alpha value is -4.00. The van der Waals surface area contributed by atoms with E-state index in [1.165, 1.54) is 0 Å². The van der Waals surface area contributed by atoms with Crippen LogP contribution in [0.1, 0.15) is 23.2 Å². The molecule has 170 valence electrons. The summed E-state index contributed by atoms with van der Waals surface area (Å²) in [5.74, 6) is 1.76. The Balaban J connectivity index is 1.35. The van der Waals surface area contributed by atoms with Gasteiger partial charge in [-0.3, -0.25) is 4.79 Å². The summed E-state index contributed by atoms with van der Waals surface area (Å²) in [6.45, 7) is 4.62. The van der Waals surface area contributed by atoms with Gasteiger partial charge >= 0.3 is 0 Å². The lowest BCUT2D eigenvalue weighted by molar-refractivity contribution is -0.116. The highest BCUT2D eigenvalue weighted by Gasteiger charge is 2.11. The molecule has 0 aliphatic heterocycles. The van der Waals surface area contributed by atoms with Crippen molar-refractivity contribution in [3.05, 3.63) is 83.8 Å². The molecule has 0 fully saturated rings. The van der Waals surface area contributed by atoms with E-state index in [4.69, 9.17) is 14.2 Å². The summed E-state index contributed by atoms with van der Waals surface area (Å²) in [6, 6.07) is 17.0. The van der Waals surface area contributed by atoms with E-state index in [1.807, 2.05) is 67.0 Å². The average Bonchev–Trinajstić information content (AvgIpc) is 3.23. The molecule has 0 bridgehead atoms. The molecule has 4 rings (SSSR count). The summed E-state index contributed by atoms with van der Waals surface area (Å²) in [5.41, 5.74) is 4.51. The minimum atomic E-state index is -0.142. The van der Waals surface area contributed by atoms with E-state index in [9.17, 15) is 4.79 Å². The number of ether oxygens (including phenoxy) is 3. The minimum Gasteiger partial charge on any atom is -0.493 e. The van der Waals surface area contributed by atoms with Crippen molar-refractivity contribution in [1.82, 2.24) is 9.38 Å². The fourth-order valence-electron chi connectivity index (χ4n) is 3.43. The summed E-state index contributed by atoms with van der Waals surface area (Å²) in [6.07, 6.45) is 4.09. The molecule has 33 heavy (non-hydrogen) atoms. The zero-order valence-electron chi connectivity index (χ0n) is 19.0. The Bertz CT molecular complexity index is 1230. The molecule has 2 aromatic heterocycles. The van der Waals surface area contributed by atoms with Crippen molar-refractivity contribution in [2.45, 2.75) is 26.9 Å². The van der Waals surface area contributed by atoms with Crippen molar-refractivity contribution < 1.29 is 19.0 Å². The molecule has 2 heterocycles. The van der Waals surface area contributed by atoms with Crippen LogP contribution in [0.15, 0.2) is 67.0 Å². The second kappa shape index (κ2) is 10.1. The standard InChI is InChI=1S/C26H27N3O4/c1-18-7-6-8-22(19(18)2)32-14-12-26(30)28-20-10-11-23(31-3)24(15-20)33-17-21-16-29-13-5-4-9-25(29)27-21/h4-11,13,15-16H,12,14,17H2,1-3H3,(H,28,30). The molecule has 0 unspecified atom stereocenters. The summed E-state index contributed by atoms with van der Waals surface area (Å²) >= 11 is 0. The van der Waals surface area contributed by atoms with Gasteiger partial charge in [0, 0.05) is 24.1 Å². The van der Waals surface area contributed by atoms with Gasteiger partial charge in [0.15, 0.2) is 11.5 Å². The summed E-state index contributed by atoms with van der Waals surface area (Å²) in [7, 11) is 1.58. The maximum absolute atomic E-state index is 12.4. The predicted octanol–water partition coefficient (Wildman–Crippen LogP) is 4.95. The number of benzene rings is 2. The number of pyridine rings is 1. The number of carbonyl (C=O) groups excluding carboxylic acids is 1. The lowest BCUT2D eigenvalue weighted by atomic mass is 10.1. The van der Waals surface area contributed by atoms with Crippen LogP contribution in [-0.4, -0.2) is 29.0 Å². The van der Waals surface area contributed by atoms with Crippen LogP contribution in [0.3, 0.4) is 0 Å². The van der Waals surface area contributed by atoms with Gasteiger partial charge in [-0.25, -0.2) is 4.98 Å². The van der Waals surface area contributed by atoms with Gasteiger partial charge in [-0.1, -0.05) is 18.2 Å². The SMILES string of the molecule is COc1ccc(NC(=O)CCOc2cccc(C)c2C)cc1OCc1cn2ccccc2n1. The van der Waals surface area contributed by atoms with E-state index in [-0.39, 0.29) is 18.9 Å². The van der Waals surface area contributed by atoms with Crippen molar-refractivity contribution in [2.75, 3.05) is 19.0 Å². The molecule has 2 aromatic carbocycles. The number of rotatable bonds is 9. The van der Waals surface area contributed by atoms with Crippen molar-refractivity contribution in [2.24, 2.45) is 0 Å². The number of nitrogens with zero attached hydrogens (tertiary/aromatic N) is 2. The third-order valence-corrected chi connectivity index (χ3v) is 5.38. The molecule has 0 spiro atoms. The van der Waals surface area contributed by atoms with Crippen LogP contribution in [0, 0.1) is 13.8 Å². The fourth-order valence-corrected chi connectivity index (χ4v) is 3.43. The molecule has 1 amide bonds. The summed E-state index contributed by atoms with van der Waals surface area (Å²) in [5, 5.41) is 2.89. The number of aryl methyl sites for hydroxylation is 1. The van der Waals surface area contributed by atoms with Crippen LogP contribution in [0.25, 0.3) is 5.65 Å². The Morgan fingerprint density at radius 1 is 1.00 bits per heavy atom. The van der Waals surface area contributed by atoms with Gasteiger partial charge in [0.2, 0.25) is 5.91 Å². The molecule has 0 aliphatic carbocycles. The molecule has 0 saturated carbocycles. The lowest BCUT2D eigenvalue weighted by Crippen LogP contribution is -2.15. The van der Waals surface area contributed by atoms with Crippen LogP contribution < -0.4 is 19.5 Å². The second-order valence-corrected chi connectivity index (χ2v) is 7.70. The van der Waals surface area contributed by atoms with Crippen molar-refractivity contribution in [1.29, 1.82) is 0 Å². The van der Waals surface area contributed by atoms with Crippen LogP contribution in [-0.2, 0) is 11.4 Å². The molecule has 0 radical (unpaired) electrons. The Kier molecular flexibility index (Phi) is 6.78. The third kappa shape index (κ3) is 5.44. The molecular formula is C26H27N3O4. The molecule has 4 aromatic rings. The first kappa shape index (κ1) is 22.2. The van der Waals surface area contributed by atoms with E-state index in [0.29, 0.717) is 23.8 Å². The number of carbonyl (C=O) groups is 1. The Morgan fingerprint density at radius 2 is 1.88 bits per heavy atom. The maximum atomic E-state index is 12.4. The number of nitrogens with one attached hydrogen (secondary N) is 1. The van der Waals surface area contributed by atoms with Gasteiger partial charge in [-0.2, -0.15) is 0 Å². The molecular weight excluding hydrogens is 418 g/mol. The minimum absolute atomic E-state index is 0.142. The zero-order chi connectivity index (χ0) is 23.2. The first-order valence-electron chi connectivity index (χ1n) is 10.8. The van der Waals surface area contributed by atoms with Crippen LogP contribution in [0.2, 0.25) is 0 Å². The number of amides is 1. The maximum Gasteiger partial charge on any atom is 0.227 e. The topological polar surface area (TPSA) is 74.1 Å². The van der Waals surface area contributed by atoms with Crippen LogP contribution in [0.5, 0.6) is 17.2 Å². The fraction of sp³-hybridized carbons (Fsp3) is 0.231. The molecule has 1 N–H and O–H groups in total. The van der Waals surface area contributed by atoms with E-state index in [1.54, 1.807) is 25.3 Å². The number of anilines is 1. The average molecular weight is 446 g/mol. The normalized spacial score (nSPS) is 10.8. The van der Waals surface area contributed by atoms with E-state index >= 15 is 0 Å². The van der Waals surface area contributed by atoms with Gasteiger partial charge in [-0.15, -0.1) is 0 Å². The first-order valence-corrected chi connectivity index (χ1v) is 10.8. The highest BCUT2D eigenvalue weighted by Crippen LogP contribution is 2.31. The number of hydrogen-bond acceptors (Lipinski definition) is 5. The highest BCUT2D eigenvalue weighted by molar-refractivity contribution is 5.91. The molecule has 0 saturated heterocycles. The van der Waals surface area contributed by atoms with E-state index in [2.05, 4.69) is 10.3 Å². The van der Waals surface area contributed by atoms with Crippen molar-refractivity contribution in [3.63, 3.8) is 0 Å². The van der Waals surface area contributed by atoms with E-state index in [0.717, 1.165) is 28.2 Å². The van der Waals surface area contributed by atoms with Gasteiger partial charge < -0.3 is 23.9 Å². The van der Waals surface area contributed by atoms with Gasteiger partial charge in [0.1, 0.15) is 18.0 Å². The predicted molar refractivity (Wildman–Crippen MR) is 127 cm³/mol. The van der Waals surface area contributed by atoms with E-state index < -0.39 is 0 Å². The van der Waals surface area contributed by atoms with Crippen LogP contribution in [0.4, 0.5) is 5.69 Å². The third-order valence-electron chi connectivity index (χ3n) is 5.38. The highest BCUT2D eigenvalue weighted by atomic mass is 16.5. The molecule has 7 nitrogen and oxygen atoms in total. The van der Waals surface area contributed by atoms with Crippen molar-refractivity contribution in [3.8, 4) is 17.2 Å². The number of methoxy groups -OCH3 is 1. The quantitative estimate of drug-likeness (QED) is 0.395. The molecule has 0 aliphatic rings. The zero-order valence-corrected chi connectivity index (χ0v) is 19.0. The number of aromatic nitrogens is 2. The molecule has 7 heteroatoms. The number of hydrogen-bond donors (Lipinski definition) is 1. The second-order valence-electron chi connectivity index (χ2n) is 7.70. The molecule has 0 atom stereocenters. The smallest absolute Gasteiger partial charge is 0.227 e. The van der Waals surface area contributed by atoms with Crippen molar-refractivity contribution >= 4 is 17.2 Å². The lowest BCUT2D eigenvalue weighted by Gasteiger charge is -2.13. The Morgan fingerprint density at radius 3 is 2.70 bits per heavy atom.